The molecule has 1 aliphatic heterocycles. The number of anilines is 1. The Morgan fingerprint density at radius 3 is 2.09 bits per heavy atom. The zero-order valence-corrected chi connectivity index (χ0v) is 16.9. The van der Waals surface area contributed by atoms with E-state index in [1.165, 1.54) is 17.0 Å². The fourth-order valence-corrected chi connectivity index (χ4v) is 4.26. The summed E-state index contributed by atoms with van der Waals surface area (Å²) in [6.07, 6.45) is 0.591. The van der Waals surface area contributed by atoms with Crippen LogP contribution in [-0.2, 0) is 4.79 Å². The number of hydrogen-bond acceptors (Lipinski definition) is 4. The monoisotopic (exact) mass is 465 g/mol. The maximum atomic E-state index is 14.7. The van der Waals surface area contributed by atoms with Gasteiger partial charge in [-0.25, -0.2) is 22.0 Å². The van der Waals surface area contributed by atoms with Crippen LogP contribution in [0.25, 0.3) is 0 Å². The lowest BCUT2D eigenvalue weighted by Gasteiger charge is -2.39. The average Bonchev–Trinajstić information content (AvgIpc) is 2.77. The molecule has 0 aromatic heterocycles. The molecule has 2 aromatic rings. The van der Waals surface area contributed by atoms with E-state index < -0.39 is 51.9 Å². The second-order valence-electron chi connectivity index (χ2n) is 7.28. The van der Waals surface area contributed by atoms with Crippen molar-refractivity contribution < 1.29 is 26.7 Å². The summed E-state index contributed by atoms with van der Waals surface area (Å²) in [5.41, 5.74) is 4.83. The van der Waals surface area contributed by atoms with Crippen molar-refractivity contribution in [3.63, 3.8) is 0 Å². The van der Waals surface area contributed by atoms with Gasteiger partial charge in [-0.1, -0.05) is 11.6 Å². The van der Waals surface area contributed by atoms with Crippen LogP contribution in [-0.4, -0.2) is 5.78 Å². The van der Waals surface area contributed by atoms with Crippen LogP contribution in [0.4, 0.5) is 27.6 Å². The van der Waals surface area contributed by atoms with Crippen molar-refractivity contribution in [1.82, 2.24) is 0 Å². The molecule has 2 aliphatic rings. The number of ketones is 1. The summed E-state index contributed by atoms with van der Waals surface area (Å²) in [6, 6.07) is 7.91. The Morgan fingerprint density at radius 1 is 0.969 bits per heavy atom. The van der Waals surface area contributed by atoms with Crippen LogP contribution >= 0.6 is 11.6 Å². The molecule has 4 rings (SSSR count). The number of Topliss-reactive ketones (excluding diaryl/α,β-unsaturated/α-hetero) is 1. The summed E-state index contributed by atoms with van der Waals surface area (Å²) in [5.74, 6) is -13.6. The van der Waals surface area contributed by atoms with Crippen LogP contribution in [0.2, 0.25) is 5.02 Å². The topological polar surface area (TPSA) is 70.1 Å². The van der Waals surface area contributed by atoms with Crippen LogP contribution in [0.3, 0.4) is 0 Å². The number of nitrogens with zero attached hydrogens (tertiary/aromatic N) is 2. The van der Waals surface area contributed by atoms with E-state index in [-0.39, 0.29) is 29.9 Å². The molecule has 0 spiro atoms. The fourth-order valence-electron chi connectivity index (χ4n) is 4.14. The van der Waals surface area contributed by atoms with E-state index in [0.717, 1.165) is 0 Å². The summed E-state index contributed by atoms with van der Waals surface area (Å²) in [6.45, 7) is 0. The number of rotatable bonds is 2. The van der Waals surface area contributed by atoms with Crippen LogP contribution < -0.4 is 10.6 Å². The van der Waals surface area contributed by atoms with E-state index >= 15 is 0 Å². The number of allylic oxidation sites excluding steroid dienone is 3. The maximum Gasteiger partial charge on any atom is 0.200 e. The molecule has 0 saturated carbocycles. The fraction of sp³-hybridized carbons (Fsp3) is 0.182. The van der Waals surface area contributed by atoms with Crippen molar-refractivity contribution in [2.24, 2.45) is 5.73 Å². The quantitative estimate of drug-likeness (QED) is 0.369. The Kier molecular flexibility index (Phi) is 5.42. The largest absolute Gasteiger partial charge is 0.384 e. The van der Waals surface area contributed by atoms with Gasteiger partial charge < -0.3 is 5.73 Å². The van der Waals surface area contributed by atoms with Crippen molar-refractivity contribution in [3.05, 3.63) is 86.6 Å². The van der Waals surface area contributed by atoms with Crippen LogP contribution in [0.5, 0.6) is 0 Å². The van der Waals surface area contributed by atoms with Gasteiger partial charge in [0.25, 0.3) is 0 Å². The molecule has 1 unspecified atom stereocenters. The van der Waals surface area contributed by atoms with Crippen molar-refractivity contribution in [2.75, 3.05) is 4.90 Å². The molecule has 0 amide bonds. The maximum absolute atomic E-state index is 14.7. The average molecular weight is 466 g/mol. The minimum Gasteiger partial charge on any atom is -0.384 e. The van der Waals surface area contributed by atoms with Gasteiger partial charge in [-0.3, -0.25) is 9.69 Å². The van der Waals surface area contributed by atoms with E-state index in [4.69, 9.17) is 17.3 Å². The zero-order valence-electron chi connectivity index (χ0n) is 16.2. The van der Waals surface area contributed by atoms with Gasteiger partial charge in [0.15, 0.2) is 29.1 Å². The van der Waals surface area contributed by atoms with E-state index in [1.807, 2.05) is 0 Å². The molecule has 1 aliphatic carbocycles. The van der Waals surface area contributed by atoms with Crippen LogP contribution in [0.15, 0.2) is 46.9 Å². The second kappa shape index (κ2) is 7.95. The Hall–Kier alpha value is -3.38. The van der Waals surface area contributed by atoms with Crippen molar-refractivity contribution >= 4 is 23.1 Å². The highest BCUT2D eigenvalue weighted by Crippen LogP contribution is 2.48. The molecule has 164 valence electrons. The van der Waals surface area contributed by atoms with Gasteiger partial charge in [0.1, 0.15) is 5.82 Å². The Bertz CT molecular complexity index is 1230. The Balaban J connectivity index is 2.06. The van der Waals surface area contributed by atoms with Gasteiger partial charge in [0.2, 0.25) is 5.82 Å². The van der Waals surface area contributed by atoms with Gasteiger partial charge in [-0.15, -0.1) is 0 Å². The summed E-state index contributed by atoms with van der Waals surface area (Å²) >= 11 is 5.92. The van der Waals surface area contributed by atoms with Crippen LogP contribution in [0.1, 0.15) is 30.7 Å². The molecular formula is C22H13ClF5N3O. The molecule has 0 bridgehead atoms. The molecule has 32 heavy (non-hydrogen) atoms. The van der Waals surface area contributed by atoms with Gasteiger partial charge in [0, 0.05) is 34.0 Å². The number of nitriles is 1. The summed E-state index contributed by atoms with van der Waals surface area (Å²) < 4.78 is 71.0. The number of hydrogen-bond donors (Lipinski definition) is 1. The van der Waals surface area contributed by atoms with Crippen molar-refractivity contribution in [2.45, 2.75) is 25.2 Å². The summed E-state index contributed by atoms with van der Waals surface area (Å²) in [5, 5.41) is 10.2. The number of nitrogens with two attached hydrogens (primary N) is 1. The highest BCUT2D eigenvalue weighted by molar-refractivity contribution is 6.30. The standard InChI is InChI=1S/C22H13ClF5N3O/c23-9-4-6-10(7-5-9)31-12-2-1-3-13(32)15(12)14(11(8-29)22(31)30)16-17(24)19(26)21(28)20(27)18(16)25/h4-7,14H,1-3,30H2. The molecule has 4 nitrogen and oxygen atoms in total. The first-order chi connectivity index (χ1) is 15.2. The molecule has 0 saturated heterocycles. The third-order valence-electron chi connectivity index (χ3n) is 5.53. The predicted molar refractivity (Wildman–Crippen MR) is 106 cm³/mol. The minimum atomic E-state index is -2.33. The van der Waals surface area contributed by atoms with Gasteiger partial charge in [-0.05, 0) is 37.1 Å². The minimum absolute atomic E-state index is 0.0161. The van der Waals surface area contributed by atoms with Gasteiger partial charge in [0.05, 0.1) is 17.6 Å². The smallest absolute Gasteiger partial charge is 0.200 e. The zero-order chi connectivity index (χ0) is 23.3. The molecular weight excluding hydrogens is 453 g/mol. The first-order valence-corrected chi connectivity index (χ1v) is 9.79. The third-order valence-corrected chi connectivity index (χ3v) is 5.78. The van der Waals surface area contributed by atoms with E-state index in [1.54, 1.807) is 18.2 Å². The van der Waals surface area contributed by atoms with Gasteiger partial charge in [-0.2, -0.15) is 5.26 Å². The third kappa shape index (κ3) is 3.14. The number of carbonyl (C=O) groups is 1. The lowest BCUT2D eigenvalue weighted by molar-refractivity contribution is -0.116. The highest BCUT2D eigenvalue weighted by atomic mass is 35.5. The second-order valence-corrected chi connectivity index (χ2v) is 7.71. The lowest BCUT2D eigenvalue weighted by atomic mass is 9.75. The summed E-state index contributed by atoms with van der Waals surface area (Å²) in [4.78, 5) is 14.3. The van der Waals surface area contributed by atoms with Crippen molar-refractivity contribution in [3.8, 4) is 6.07 Å². The summed E-state index contributed by atoms with van der Waals surface area (Å²) in [7, 11) is 0. The van der Waals surface area contributed by atoms with E-state index in [0.29, 0.717) is 17.1 Å². The molecule has 1 heterocycles. The first-order valence-electron chi connectivity index (χ1n) is 9.42. The molecule has 10 heteroatoms. The van der Waals surface area contributed by atoms with Crippen LogP contribution in [0, 0.1) is 40.4 Å². The molecule has 0 fully saturated rings. The molecule has 1 atom stereocenters. The first kappa shape index (κ1) is 21.8. The number of benzene rings is 2. The Labute approximate surface area is 184 Å². The predicted octanol–water partition coefficient (Wildman–Crippen LogP) is 5.34. The molecule has 2 aromatic carbocycles. The Morgan fingerprint density at radius 2 is 1.53 bits per heavy atom. The SMILES string of the molecule is N#CC1=C(N)N(c2ccc(Cl)cc2)C2=C(C(=O)CCC2)C1c1c(F)c(F)c(F)c(F)c1F. The van der Waals surface area contributed by atoms with Gasteiger partial charge >= 0.3 is 0 Å². The number of carbonyl (C=O) groups excluding carboxylic acids is 1. The number of halogens is 6. The molecule has 0 radical (unpaired) electrons. The van der Waals surface area contributed by atoms with E-state index in [2.05, 4.69) is 0 Å². The highest BCUT2D eigenvalue weighted by Gasteiger charge is 2.44. The lowest BCUT2D eigenvalue weighted by Crippen LogP contribution is -2.39. The normalized spacial score (nSPS) is 18.7. The van der Waals surface area contributed by atoms with E-state index in [9.17, 15) is 32.0 Å². The van der Waals surface area contributed by atoms with Crippen molar-refractivity contribution in [1.29, 1.82) is 5.26 Å². The molecule has 2 N–H and O–H groups in total.